The number of fused-ring (bicyclic) bond motifs is 1. The average molecular weight is 373 g/mol. The van der Waals surface area contributed by atoms with Gasteiger partial charge in [-0.3, -0.25) is 18.8 Å². The number of amides is 2. The highest BCUT2D eigenvalue weighted by molar-refractivity contribution is 7.92. The van der Waals surface area contributed by atoms with Gasteiger partial charge in [0.1, 0.15) is 6.54 Å². The zero-order valence-corrected chi connectivity index (χ0v) is 15.3. The normalized spacial score (nSPS) is 13.8. The SMILES string of the molecule is CCN(c1ccc(C(=O)N2CC(=O)Nc3ccccc32)cc1)S(C)(=O)=O. The minimum atomic E-state index is -3.38. The topological polar surface area (TPSA) is 86.8 Å². The van der Waals surface area contributed by atoms with Crippen LogP contribution < -0.4 is 14.5 Å². The summed E-state index contributed by atoms with van der Waals surface area (Å²) in [6.07, 6.45) is 1.14. The van der Waals surface area contributed by atoms with E-state index in [1.165, 1.54) is 9.21 Å². The molecular formula is C18H19N3O4S. The van der Waals surface area contributed by atoms with E-state index in [1.54, 1.807) is 55.5 Å². The summed E-state index contributed by atoms with van der Waals surface area (Å²) in [6, 6.07) is 13.4. The summed E-state index contributed by atoms with van der Waals surface area (Å²) >= 11 is 0. The molecule has 7 nitrogen and oxygen atoms in total. The summed E-state index contributed by atoms with van der Waals surface area (Å²) in [7, 11) is -3.38. The monoisotopic (exact) mass is 373 g/mol. The van der Waals surface area contributed by atoms with E-state index >= 15 is 0 Å². The Morgan fingerprint density at radius 2 is 1.81 bits per heavy atom. The minimum absolute atomic E-state index is 0.0674. The second-order valence-electron chi connectivity index (χ2n) is 5.93. The second-order valence-corrected chi connectivity index (χ2v) is 7.84. The van der Waals surface area contributed by atoms with Crippen molar-refractivity contribution in [1.82, 2.24) is 0 Å². The summed E-state index contributed by atoms with van der Waals surface area (Å²) in [6.45, 7) is 1.97. The molecule has 1 aliphatic heterocycles. The molecule has 2 aromatic rings. The van der Waals surface area contributed by atoms with Gasteiger partial charge < -0.3 is 5.32 Å². The number of benzene rings is 2. The fourth-order valence-corrected chi connectivity index (χ4v) is 3.92. The molecule has 136 valence electrons. The molecule has 1 aliphatic rings. The lowest BCUT2D eigenvalue weighted by molar-refractivity contribution is -0.115. The quantitative estimate of drug-likeness (QED) is 0.889. The number of nitrogens with zero attached hydrogens (tertiary/aromatic N) is 2. The van der Waals surface area contributed by atoms with E-state index in [9.17, 15) is 18.0 Å². The predicted molar refractivity (Wildman–Crippen MR) is 101 cm³/mol. The van der Waals surface area contributed by atoms with Gasteiger partial charge in [0, 0.05) is 12.1 Å². The van der Waals surface area contributed by atoms with Gasteiger partial charge in [-0.25, -0.2) is 8.42 Å². The third-order valence-electron chi connectivity index (χ3n) is 4.11. The van der Waals surface area contributed by atoms with E-state index < -0.39 is 10.0 Å². The Balaban J connectivity index is 1.91. The Bertz CT molecular complexity index is 955. The molecule has 8 heteroatoms. The van der Waals surface area contributed by atoms with E-state index in [2.05, 4.69) is 5.32 Å². The number of nitrogens with one attached hydrogen (secondary N) is 1. The molecule has 0 bridgehead atoms. The number of hydrogen-bond donors (Lipinski definition) is 1. The number of rotatable bonds is 4. The minimum Gasteiger partial charge on any atom is -0.323 e. The number of hydrogen-bond acceptors (Lipinski definition) is 4. The Labute approximate surface area is 152 Å². The van der Waals surface area contributed by atoms with Crippen molar-refractivity contribution >= 4 is 38.9 Å². The maximum atomic E-state index is 12.9. The maximum Gasteiger partial charge on any atom is 0.258 e. The van der Waals surface area contributed by atoms with Gasteiger partial charge in [0.15, 0.2) is 0 Å². The summed E-state index contributed by atoms with van der Waals surface area (Å²) in [5.41, 5.74) is 2.08. The fraction of sp³-hybridized carbons (Fsp3) is 0.222. The van der Waals surface area contributed by atoms with Gasteiger partial charge >= 0.3 is 0 Å². The van der Waals surface area contributed by atoms with Crippen LogP contribution >= 0.6 is 0 Å². The van der Waals surface area contributed by atoms with Crippen molar-refractivity contribution in [2.24, 2.45) is 0 Å². The molecule has 0 radical (unpaired) electrons. The molecule has 0 saturated heterocycles. The van der Waals surface area contributed by atoms with Crippen LogP contribution in [0, 0.1) is 0 Å². The van der Waals surface area contributed by atoms with Gasteiger partial charge in [-0.05, 0) is 43.3 Å². The lowest BCUT2D eigenvalue weighted by atomic mass is 10.1. The molecule has 3 rings (SSSR count). The van der Waals surface area contributed by atoms with Crippen molar-refractivity contribution in [3.63, 3.8) is 0 Å². The van der Waals surface area contributed by atoms with Gasteiger partial charge in [0.25, 0.3) is 5.91 Å². The zero-order valence-electron chi connectivity index (χ0n) is 14.5. The van der Waals surface area contributed by atoms with E-state index in [0.717, 1.165) is 6.26 Å². The van der Waals surface area contributed by atoms with Crippen LogP contribution in [0.1, 0.15) is 17.3 Å². The Kier molecular flexibility index (Phi) is 4.69. The van der Waals surface area contributed by atoms with Crippen LogP contribution in [0.2, 0.25) is 0 Å². The van der Waals surface area contributed by atoms with Crippen molar-refractivity contribution in [3.8, 4) is 0 Å². The Hall–Kier alpha value is -2.87. The van der Waals surface area contributed by atoms with Crippen LogP contribution in [0.4, 0.5) is 17.1 Å². The molecule has 1 heterocycles. The van der Waals surface area contributed by atoms with Gasteiger partial charge in [-0.2, -0.15) is 0 Å². The summed E-state index contributed by atoms with van der Waals surface area (Å²) in [5.74, 6) is -0.579. The molecular weight excluding hydrogens is 354 g/mol. The molecule has 1 N–H and O–H groups in total. The molecule has 0 aliphatic carbocycles. The first kappa shape index (κ1) is 17.9. The van der Waals surface area contributed by atoms with Crippen molar-refractivity contribution in [2.75, 3.05) is 33.9 Å². The van der Waals surface area contributed by atoms with Crippen LogP contribution in [0.3, 0.4) is 0 Å². The highest BCUT2D eigenvalue weighted by Crippen LogP contribution is 2.30. The van der Waals surface area contributed by atoms with Crippen LogP contribution in [0.25, 0.3) is 0 Å². The standard InChI is InChI=1S/C18H19N3O4S/c1-3-21(26(2,24)25)14-10-8-13(9-11-14)18(23)20-12-17(22)19-15-6-4-5-7-16(15)20/h4-11H,3,12H2,1-2H3,(H,19,22). The smallest absolute Gasteiger partial charge is 0.258 e. The van der Waals surface area contributed by atoms with Crippen LogP contribution in [-0.4, -0.2) is 39.6 Å². The number of carbonyl (C=O) groups is 2. The number of sulfonamides is 1. The highest BCUT2D eigenvalue weighted by atomic mass is 32.2. The van der Waals surface area contributed by atoms with Crippen molar-refractivity contribution in [2.45, 2.75) is 6.92 Å². The summed E-state index contributed by atoms with van der Waals surface area (Å²) in [5, 5.41) is 2.74. The summed E-state index contributed by atoms with van der Waals surface area (Å²) in [4.78, 5) is 26.2. The Morgan fingerprint density at radius 1 is 1.15 bits per heavy atom. The number of anilines is 3. The molecule has 2 aromatic carbocycles. The molecule has 0 fully saturated rings. The third kappa shape index (κ3) is 3.41. The lowest BCUT2D eigenvalue weighted by Gasteiger charge is -2.29. The van der Waals surface area contributed by atoms with Crippen molar-refractivity contribution in [1.29, 1.82) is 0 Å². The number of carbonyl (C=O) groups excluding carboxylic acids is 2. The first-order valence-corrected chi connectivity index (χ1v) is 9.94. The van der Waals surface area contributed by atoms with Crippen LogP contribution in [-0.2, 0) is 14.8 Å². The van der Waals surface area contributed by atoms with Gasteiger partial charge in [0.05, 0.1) is 23.3 Å². The first-order valence-electron chi connectivity index (χ1n) is 8.10. The highest BCUT2D eigenvalue weighted by Gasteiger charge is 2.27. The summed E-state index contributed by atoms with van der Waals surface area (Å²) < 4.78 is 24.9. The molecule has 2 amide bonds. The van der Waals surface area contributed by atoms with Gasteiger partial charge in [-0.1, -0.05) is 12.1 Å². The number of para-hydroxylation sites is 2. The first-order chi connectivity index (χ1) is 12.3. The molecule has 0 aromatic heterocycles. The van der Waals surface area contributed by atoms with E-state index in [0.29, 0.717) is 29.2 Å². The maximum absolute atomic E-state index is 12.9. The van der Waals surface area contributed by atoms with Crippen LogP contribution in [0.5, 0.6) is 0 Å². The largest absolute Gasteiger partial charge is 0.323 e. The van der Waals surface area contributed by atoms with Gasteiger partial charge in [-0.15, -0.1) is 0 Å². The molecule has 0 atom stereocenters. The Morgan fingerprint density at radius 3 is 2.42 bits per heavy atom. The molecule has 26 heavy (non-hydrogen) atoms. The second kappa shape index (κ2) is 6.80. The van der Waals surface area contributed by atoms with E-state index in [-0.39, 0.29) is 18.4 Å². The molecule has 0 saturated carbocycles. The zero-order chi connectivity index (χ0) is 18.9. The van der Waals surface area contributed by atoms with E-state index in [4.69, 9.17) is 0 Å². The van der Waals surface area contributed by atoms with Crippen molar-refractivity contribution < 1.29 is 18.0 Å². The van der Waals surface area contributed by atoms with Gasteiger partial charge in [0.2, 0.25) is 15.9 Å². The molecule has 0 unspecified atom stereocenters. The molecule has 0 spiro atoms. The van der Waals surface area contributed by atoms with E-state index in [1.807, 2.05) is 0 Å². The van der Waals surface area contributed by atoms with Crippen molar-refractivity contribution in [3.05, 3.63) is 54.1 Å². The predicted octanol–water partition coefficient (Wildman–Crippen LogP) is 2.07. The fourth-order valence-electron chi connectivity index (χ4n) is 2.95. The average Bonchev–Trinajstić information content (AvgIpc) is 2.60. The lowest BCUT2D eigenvalue weighted by Crippen LogP contribution is -2.42. The third-order valence-corrected chi connectivity index (χ3v) is 5.38. The van der Waals surface area contributed by atoms with Crippen LogP contribution in [0.15, 0.2) is 48.5 Å².